The third-order valence-electron chi connectivity index (χ3n) is 5.18. The summed E-state index contributed by atoms with van der Waals surface area (Å²) < 4.78 is 1.75. The monoisotopic (exact) mass is 346 g/mol. The molecule has 3 rings (SSSR count). The van der Waals surface area contributed by atoms with Crippen molar-refractivity contribution in [3.8, 4) is 0 Å². The highest BCUT2D eigenvalue weighted by Gasteiger charge is 2.38. The van der Waals surface area contributed by atoms with Crippen molar-refractivity contribution in [2.24, 2.45) is 13.0 Å². The van der Waals surface area contributed by atoms with Gasteiger partial charge in [-0.05, 0) is 25.0 Å². The standard InChI is InChI=1S/C18H26N4O3/c1-21-10-4-7-15(21)18(25)20-9-8-19-17(24)13-11-16(23)22(12-13)14-5-2-3-6-14/h4,7,10,13-14H,2-3,5-6,8-9,11-12H2,1H3,(H,19,24)(H,20,25)/t13-/m0/s1. The lowest BCUT2D eigenvalue weighted by Gasteiger charge is -2.23. The Morgan fingerprint density at radius 2 is 1.92 bits per heavy atom. The maximum Gasteiger partial charge on any atom is 0.267 e. The molecule has 2 heterocycles. The summed E-state index contributed by atoms with van der Waals surface area (Å²) in [4.78, 5) is 38.3. The van der Waals surface area contributed by atoms with Gasteiger partial charge in [-0.1, -0.05) is 12.8 Å². The molecule has 0 aromatic carbocycles. The molecular weight excluding hydrogens is 320 g/mol. The fourth-order valence-corrected chi connectivity index (χ4v) is 3.77. The summed E-state index contributed by atoms with van der Waals surface area (Å²) in [6.45, 7) is 1.26. The third kappa shape index (κ3) is 4.03. The van der Waals surface area contributed by atoms with Gasteiger partial charge in [-0.15, -0.1) is 0 Å². The summed E-state index contributed by atoms with van der Waals surface area (Å²) >= 11 is 0. The lowest BCUT2D eigenvalue weighted by atomic mass is 10.1. The first kappa shape index (κ1) is 17.5. The Balaban J connectivity index is 1.39. The molecule has 0 unspecified atom stereocenters. The zero-order chi connectivity index (χ0) is 17.8. The summed E-state index contributed by atoms with van der Waals surface area (Å²) in [5.41, 5.74) is 0.583. The molecule has 136 valence electrons. The van der Waals surface area contributed by atoms with Crippen molar-refractivity contribution in [1.29, 1.82) is 0 Å². The summed E-state index contributed by atoms with van der Waals surface area (Å²) in [5.74, 6) is -0.423. The quantitative estimate of drug-likeness (QED) is 0.743. The largest absolute Gasteiger partial charge is 0.354 e. The molecule has 2 aliphatic rings. The normalized spacial score (nSPS) is 20.9. The van der Waals surface area contributed by atoms with E-state index in [0.29, 0.717) is 37.8 Å². The van der Waals surface area contributed by atoms with E-state index in [0.717, 1.165) is 12.8 Å². The van der Waals surface area contributed by atoms with Gasteiger partial charge in [-0.3, -0.25) is 14.4 Å². The minimum absolute atomic E-state index is 0.0954. The van der Waals surface area contributed by atoms with E-state index in [9.17, 15) is 14.4 Å². The number of nitrogens with one attached hydrogen (secondary N) is 2. The number of hydrogen-bond acceptors (Lipinski definition) is 3. The summed E-state index contributed by atoms with van der Waals surface area (Å²) in [6, 6.07) is 3.88. The predicted molar refractivity (Wildman–Crippen MR) is 92.8 cm³/mol. The molecule has 25 heavy (non-hydrogen) atoms. The SMILES string of the molecule is Cn1cccc1C(=O)NCCNC(=O)[C@H]1CC(=O)N(C2CCCC2)C1. The number of hydrogen-bond donors (Lipinski definition) is 2. The molecule has 2 N–H and O–H groups in total. The number of amides is 3. The lowest BCUT2D eigenvalue weighted by molar-refractivity contribution is -0.130. The van der Waals surface area contributed by atoms with Crippen molar-refractivity contribution in [1.82, 2.24) is 20.1 Å². The molecule has 1 saturated heterocycles. The maximum absolute atomic E-state index is 12.3. The fraction of sp³-hybridized carbons (Fsp3) is 0.611. The van der Waals surface area contributed by atoms with Crippen molar-refractivity contribution >= 4 is 17.7 Å². The lowest BCUT2D eigenvalue weighted by Crippen LogP contribution is -2.39. The molecular formula is C18H26N4O3. The van der Waals surface area contributed by atoms with Crippen LogP contribution in [0.3, 0.4) is 0 Å². The Morgan fingerprint density at radius 1 is 1.20 bits per heavy atom. The molecule has 1 aromatic rings. The van der Waals surface area contributed by atoms with Crippen LogP contribution in [0.5, 0.6) is 0 Å². The van der Waals surface area contributed by atoms with Crippen LogP contribution in [0, 0.1) is 5.92 Å². The smallest absolute Gasteiger partial charge is 0.267 e. The van der Waals surface area contributed by atoms with Crippen LogP contribution in [0.4, 0.5) is 0 Å². The highest BCUT2D eigenvalue weighted by atomic mass is 16.2. The maximum atomic E-state index is 12.3. The van der Waals surface area contributed by atoms with Gasteiger partial charge in [0.25, 0.3) is 5.91 Å². The molecule has 1 atom stereocenters. The van der Waals surface area contributed by atoms with E-state index in [2.05, 4.69) is 10.6 Å². The molecule has 3 amide bonds. The van der Waals surface area contributed by atoms with E-state index in [1.807, 2.05) is 24.2 Å². The molecule has 1 aromatic heterocycles. The minimum atomic E-state index is -0.267. The van der Waals surface area contributed by atoms with E-state index >= 15 is 0 Å². The fourth-order valence-electron chi connectivity index (χ4n) is 3.77. The molecule has 1 saturated carbocycles. The summed E-state index contributed by atoms with van der Waals surface area (Å²) in [5, 5.41) is 5.61. The first-order chi connectivity index (χ1) is 12.1. The van der Waals surface area contributed by atoms with Crippen LogP contribution in [0.25, 0.3) is 0 Å². The molecule has 7 nitrogen and oxygen atoms in total. The van der Waals surface area contributed by atoms with E-state index in [4.69, 9.17) is 0 Å². The zero-order valence-corrected chi connectivity index (χ0v) is 14.7. The summed E-state index contributed by atoms with van der Waals surface area (Å²) in [7, 11) is 1.81. The van der Waals surface area contributed by atoms with E-state index in [-0.39, 0.29) is 23.6 Å². The highest BCUT2D eigenvalue weighted by molar-refractivity contribution is 5.92. The van der Waals surface area contributed by atoms with Crippen LogP contribution >= 0.6 is 0 Å². The second-order valence-electron chi connectivity index (χ2n) is 6.94. The van der Waals surface area contributed by atoms with E-state index in [1.165, 1.54) is 12.8 Å². The zero-order valence-electron chi connectivity index (χ0n) is 14.7. The Hall–Kier alpha value is -2.31. The van der Waals surface area contributed by atoms with Gasteiger partial charge in [0.1, 0.15) is 5.69 Å². The van der Waals surface area contributed by atoms with Crippen LogP contribution < -0.4 is 10.6 Å². The molecule has 0 bridgehead atoms. The predicted octanol–water partition coefficient (Wildman–Crippen LogP) is 0.662. The number of carbonyl (C=O) groups excluding carboxylic acids is 3. The van der Waals surface area contributed by atoms with Crippen molar-refractivity contribution in [2.45, 2.75) is 38.1 Å². The number of carbonyl (C=O) groups is 3. The van der Waals surface area contributed by atoms with E-state index in [1.54, 1.807) is 10.6 Å². The van der Waals surface area contributed by atoms with Gasteiger partial charge in [-0.25, -0.2) is 0 Å². The van der Waals surface area contributed by atoms with E-state index < -0.39 is 0 Å². The molecule has 2 fully saturated rings. The van der Waals surface area contributed by atoms with Gasteiger partial charge in [0.15, 0.2) is 0 Å². The molecule has 1 aliphatic heterocycles. The van der Waals surface area contributed by atoms with Crippen LogP contribution in [-0.2, 0) is 16.6 Å². The average molecular weight is 346 g/mol. The van der Waals surface area contributed by atoms with Crippen molar-refractivity contribution in [3.05, 3.63) is 24.0 Å². The second-order valence-corrected chi connectivity index (χ2v) is 6.94. The Labute approximate surface area is 147 Å². The molecule has 0 spiro atoms. The van der Waals surface area contributed by atoms with Gasteiger partial charge in [0, 0.05) is 45.3 Å². The van der Waals surface area contributed by atoms with Gasteiger partial charge in [-0.2, -0.15) is 0 Å². The van der Waals surface area contributed by atoms with Crippen LogP contribution in [0.2, 0.25) is 0 Å². The van der Waals surface area contributed by atoms with Crippen LogP contribution in [-0.4, -0.2) is 52.9 Å². The third-order valence-corrected chi connectivity index (χ3v) is 5.18. The van der Waals surface area contributed by atoms with Gasteiger partial charge in [0.05, 0.1) is 5.92 Å². The van der Waals surface area contributed by atoms with Crippen molar-refractivity contribution < 1.29 is 14.4 Å². The average Bonchev–Trinajstić information content (AvgIpc) is 3.31. The minimum Gasteiger partial charge on any atom is -0.354 e. The summed E-state index contributed by atoms with van der Waals surface area (Å²) in [6.07, 6.45) is 6.58. The number of aromatic nitrogens is 1. The van der Waals surface area contributed by atoms with Crippen molar-refractivity contribution in [3.63, 3.8) is 0 Å². The Bertz CT molecular complexity index is 649. The molecule has 0 radical (unpaired) electrons. The second kappa shape index (κ2) is 7.72. The van der Waals surface area contributed by atoms with Gasteiger partial charge >= 0.3 is 0 Å². The first-order valence-corrected chi connectivity index (χ1v) is 9.03. The number of aryl methyl sites for hydroxylation is 1. The highest BCUT2D eigenvalue weighted by Crippen LogP contribution is 2.29. The molecule has 1 aliphatic carbocycles. The Kier molecular flexibility index (Phi) is 5.40. The Morgan fingerprint density at radius 3 is 2.60 bits per heavy atom. The molecule has 7 heteroatoms. The van der Waals surface area contributed by atoms with Crippen molar-refractivity contribution in [2.75, 3.05) is 19.6 Å². The van der Waals surface area contributed by atoms with Gasteiger partial charge < -0.3 is 20.1 Å². The number of rotatable bonds is 6. The van der Waals surface area contributed by atoms with Crippen LogP contribution in [0.15, 0.2) is 18.3 Å². The van der Waals surface area contributed by atoms with Gasteiger partial charge in [0.2, 0.25) is 11.8 Å². The number of nitrogens with zero attached hydrogens (tertiary/aromatic N) is 2. The number of likely N-dealkylation sites (tertiary alicyclic amines) is 1. The topological polar surface area (TPSA) is 83.4 Å². The first-order valence-electron chi connectivity index (χ1n) is 9.03. The van der Waals surface area contributed by atoms with Crippen LogP contribution in [0.1, 0.15) is 42.6 Å².